The first-order valence-corrected chi connectivity index (χ1v) is 7.20. The summed E-state index contributed by atoms with van der Waals surface area (Å²) in [6.07, 6.45) is 0. The number of likely N-dealkylation sites (N-methyl/N-ethyl adjacent to an activating group) is 1. The zero-order chi connectivity index (χ0) is 13.3. The topological polar surface area (TPSA) is 6.48 Å². The Bertz CT molecular complexity index is 420. The predicted octanol–water partition coefficient (Wildman–Crippen LogP) is 3.47. The summed E-state index contributed by atoms with van der Waals surface area (Å²) < 4.78 is 0. The molecule has 1 aliphatic heterocycles. The molecule has 0 radical (unpaired) electrons. The van der Waals surface area contributed by atoms with Crippen molar-refractivity contribution in [2.24, 2.45) is 5.92 Å². The monoisotopic (exact) mass is 286 g/mol. The molecule has 4 heteroatoms. The van der Waals surface area contributed by atoms with Crippen LogP contribution in [0, 0.1) is 5.92 Å². The van der Waals surface area contributed by atoms with Gasteiger partial charge in [0.1, 0.15) is 0 Å². The third-order valence-corrected chi connectivity index (χ3v) is 4.35. The first-order valence-electron chi connectivity index (χ1n) is 6.28. The molecule has 2 rings (SSSR count). The van der Waals surface area contributed by atoms with Gasteiger partial charge in [0.25, 0.3) is 0 Å². The molecular formula is C14H20Cl2N2. The molecule has 1 aromatic carbocycles. The van der Waals surface area contributed by atoms with Gasteiger partial charge in [-0.05, 0) is 37.7 Å². The second-order valence-electron chi connectivity index (χ2n) is 5.33. The van der Waals surface area contributed by atoms with Gasteiger partial charge in [-0.1, -0.05) is 24.6 Å². The zero-order valence-corrected chi connectivity index (χ0v) is 12.7. The fourth-order valence-corrected chi connectivity index (χ4v) is 3.20. The molecule has 1 heterocycles. The summed E-state index contributed by atoms with van der Waals surface area (Å²) in [7, 11) is 4.28. The lowest BCUT2D eigenvalue weighted by atomic mass is 10.1. The highest BCUT2D eigenvalue weighted by Gasteiger charge is 2.31. The second kappa shape index (κ2) is 5.68. The summed E-state index contributed by atoms with van der Waals surface area (Å²) in [4.78, 5) is 4.67. The molecule has 1 aliphatic rings. The van der Waals surface area contributed by atoms with Gasteiger partial charge in [-0.15, -0.1) is 11.6 Å². The van der Waals surface area contributed by atoms with E-state index in [4.69, 9.17) is 23.2 Å². The van der Waals surface area contributed by atoms with Gasteiger partial charge < -0.3 is 9.80 Å². The second-order valence-corrected chi connectivity index (χ2v) is 6.01. The molecule has 100 valence electrons. The Morgan fingerprint density at radius 2 is 2.06 bits per heavy atom. The van der Waals surface area contributed by atoms with Gasteiger partial charge in [0.05, 0.1) is 10.7 Å². The Hall–Kier alpha value is -0.440. The highest BCUT2D eigenvalue weighted by atomic mass is 35.5. The largest absolute Gasteiger partial charge is 0.368 e. The number of hydrogen-bond acceptors (Lipinski definition) is 2. The van der Waals surface area contributed by atoms with E-state index in [-0.39, 0.29) is 0 Å². The minimum Gasteiger partial charge on any atom is -0.368 e. The van der Waals surface area contributed by atoms with Gasteiger partial charge in [0.2, 0.25) is 0 Å². The molecule has 0 amide bonds. The first kappa shape index (κ1) is 14.0. The molecule has 1 aromatic rings. The van der Waals surface area contributed by atoms with Crippen molar-refractivity contribution in [1.82, 2.24) is 4.90 Å². The summed E-state index contributed by atoms with van der Waals surface area (Å²) in [5.74, 6) is 1.17. The third-order valence-electron chi connectivity index (χ3n) is 3.74. The maximum atomic E-state index is 6.35. The summed E-state index contributed by atoms with van der Waals surface area (Å²) in [5.41, 5.74) is 2.20. The van der Waals surface area contributed by atoms with Crippen LogP contribution in [-0.2, 0) is 5.88 Å². The predicted molar refractivity (Wildman–Crippen MR) is 79.9 cm³/mol. The summed E-state index contributed by atoms with van der Waals surface area (Å²) >= 11 is 12.2. The van der Waals surface area contributed by atoms with Crippen molar-refractivity contribution in [1.29, 1.82) is 0 Å². The summed E-state index contributed by atoms with van der Waals surface area (Å²) in [6, 6.07) is 6.71. The molecule has 0 saturated carbocycles. The van der Waals surface area contributed by atoms with E-state index in [0.29, 0.717) is 17.8 Å². The van der Waals surface area contributed by atoms with Gasteiger partial charge in [0.15, 0.2) is 0 Å². The van der Waals surface area contributed by atoms with Crippen LogP contribution in [0.5, 0.6) is 0 Å². The molecule has 2 nitrogen and oxygen atoms in total. The van der Waals surface area contributed by atoms with E-state index < -0.39 is 0 Å². The van der Waals surface area contributed by atoms with Crippen LogP contribution in [0.4, 0.5) is 5.69 Å². The fourth-order valence-electron chi connectivity index (χ4n) is 2.71. The smallest absolute Gasteiger partial charge is 0.0642 e. The Kier molecular flexibility index (Phi) is 4.41. The standard InChI is InChI=1S/C14H20Cl2N2/c1-10-8-18(9-14(10)17(2)3)13-5-4-11(7-15)6-12(13)16/h4-6,10,14H,7-9H2,1-3H3. The van der Waals surface area contributed by atoms with Crippen LogP contribution in [0.15, 0.2) is 18.2 Å². The average molecular weight is 287 g/mol. The van der Waals surface area contributed by atoms with E-state index >= 15 is 0 Å². The zero-order valence-electron chi connectivity index (χ0n) is 11.2. The van der Waals surface area contributed by atoms with E-state index in [1.54, 1.807) is 0 Å². The van der Waals surface area contributed by atoms with Crippen molar-refractivity contribution in [2.75, 3.05) is 32.1 Å². The Labute approximate surface area is 119 Å². The Morgan fingerprint density at radius 1 is 1.33 bits per heavy atom. The Balaban J connectivity index is 2.18. The minimum absolute atomic E-state index is 0.511. The van der Waals surface area contributed by atoms with Crippen LogP contribution in [0.1, 0.15) is 12.5 Å². The molecule has 18 heavy (non-hydrogen) atoms. The lowest BCUT2D eigenvalue weighted by molar-refractivity contribution is 0.266. The number of halogens is 2. The molecule has 0 N–H and O–H groups in total. The number of nitrogens with zero attached hydrogens (tertiary/aromatic N) is 2. The maximum absolute atomic E-state index is 6.35. The van der Waals surface area contributed by atoms with E-state index in [1.165, 1.54) is 0 Å². The van der Waals surface area contributed by atoms with Crippen LogP contribution in [0.25, 0.3) is 0 Å². The summed E-state index contributed by atoms with van der Waals surface area (Å²) in [5, 5.41) is 0.805. The van der Waals surface area contributed by atoms with Crippen molar-refractivity contribution < 1.29 is 0 Å². The van der Waals surface area contributed by atoms with E-state index in [2.05, 4.69) is 43.0 Å². The van der Waals surface area contributed by atoms with Gasteiger partial charge in [-0.3, -0.25) is 0 Å². The van der Waals surface area contributed by atoms with Gasteiger partial charge in [0, 0.05) is 25.0 Å². The summed E-state index contributed by atoms with van der Waals surface area (Å²) in [6.45, 7) is 4.39. The van der Waals surface area contributed by atoms with Crippen molar-refractivity contribution >= 4 is 28.9 Å². The first-order chi connectivity index (χ1) is 8.52. The van der Waals surface area contributed by atoms with Crippen molar-refractivity contribution in [2.45, 2.75) is 18.8 Å². The number of rotatable bonds is 3. The fraction of sp³-hybridized carbons (Fsp3) is 0.571. The molecular weight excluding hydrogens is 267 g/mol. The number of anilines is 1. The van der Waals surface area contributed by atoms with Crippen molar-refractivity contribution in [3.05, 3.63) is 28.8 Å². The molecule has 1 saturated heterocycles. The van der Waals surface area contributed by atoms with E-state index in [0.717, 1.165) is 29.4 Å². The highest BCUT2D eigenvalue weighted by Crippen LogP contribution is 2.32. The van der Waals surface area contributed by atoms with Crippen molar-refractivity contribution in [3.63, 3.8) is 0 Å². The van der Waals surface area contributed by atoms with Crippen molar-refractivity contribution in [3.8, 4) is 0 Å². The number of benzene rings is 1. The van der Waals surface area contributed by atoms with E-state index in [1.807, 2.05) is 6.07 Å². The normalized spacial score (nSPS) is 24.0. The van der Waals surface area contributed by atoms with Crippen LogP contribution in [0.3, 0.4) is 0 Å². The molecule has 0 spiro atoms. The van der Waals surface area contributed by atoms with Crippen LogP contribution >= 0.6 is 23.2 Å². The average Bonchev–Trinajstić information content (AvgIpc) is 2.71. The molecule has 1 fully saturated rings. The molecule has 0 bridgehead atoms. The lowest BCUT2D eigenvalue weighted by Crippen LogP contribution is -2.34. The molecule has 2 unspecified atom stereocenters. The maximum Gasteiger partial charge on any atom is 0.0642 e. The van der Waals surface area contributed by atoms with Gasteiger partial charge >= 0.3 is 0 Å². The van der Waals surface area contributed by atoms with Gasteiger partial charge in [-0.2, -0.15) is 0 Å². The lowest BCUT2D eigenvalue weighted by Gasteiger charge is -2.23. The van der Waals surface area contributed by atoms with Crippen LogP contribution in [0.2, 0.25) is 5.02 Å². The molecule has 0 aromatic heterocycles. The minimum atomic E-state index is 0.511. The van der Waals surface area contributed by atoms with E-state index in [9.17, 15) is 0 Å². The third kappa shape index (κ3) is 2.76. The molecule has 2 atom stereocenters. The Morgan fingerprint density at radius 3 is 2.56 bits per heavy atom. The van der Waals surface area contributed by atoms with Crippen LogP contribution in [-0.4, -0.2) is 38.1 Å². The number of alkyl halides is 1. The highest BCUT2D eigenvalue weighted by molar-refractivity contribution is 6.33. The number of hydrogen-bond donors (Lipinski definition) is 0. The quantitative estimate of drug-likeness (QED) is 0.785. The molecule has 0 aliphatic carbocycles. The SMILES string of the molecule is CC1CN(c2ccc(CCl)cc2Cl)CC1N(C)C. The van der Waals surface area contributed by atoms with Crippen LogP contribution < -0.4 is 4.90 Å². The van der Waals surface area contributed by atoms with Gasteiger partial charge in [-0.25, -0.2) is 0 Å².